The Hall–Kier alpha value is -2.90. The van der Waals surface area contributed by atoms with Gasteiger partial charge >= 0.3 is 0 Å². The van der Waals surface area contributed by atoms with Crippen LogP contribution in [0.15, 0.2) is 35.1 Å². The maximum Gasteiger partial charge on any atom is 0.274 e. The summed E-state index contributed by atoms with van der Waals surface area (Å²) in [4.78, 5) is 16.2. The number of hydrogen-bond acceptors (Lipinski definition) is 4. The Morgan fingerprint density at radius 2 is 1.93 bits per heavy atom. The van der Waals surface area contributed by atoms with Gasteiger partial charge < -0.3 is 9.72 Å². The molecule has 4 aromatic rings. The van der Waals surface area contributed by atoms with E-state index in [1.54, 1.807) is 13.2 Å². The van der Waals surface area contributed by atoms with Gasteiger partial charge in [0.05, 0.1) is 23.6 Å². The minimum Gasteiger partial charge on any atom is -0.378 e. The van der Waals surface area contributed by atoms with Crippen LogP contribution in [0.1, 0.15) is 28.3 Å². The summed E-state index contributed by atoms with van der Waals surface area (Å²) >= 11 is 6.05. The first-order chi connectivity index (χ1) is 14.0. The predicted molar refractivity (Wildman–Crippen MR) is 112 cm³/mol. The molecule has 1 aromatic carbocycles. The number of methoxy groups -OCH3 is 1. The quantitative estimate of drug-likeness (QED) is 0.507. The summed E-state index contributed by atoms with van der Waals surface area (Å²) in [5.74, 6) is 0. The molecular weight excluding hydrogens is 390 g/mol. The van der Waals surface area contributed by atoms with E-state index in [0.717, 1.165) is 34.6 Å². The van der Waals surface area contributed by atoms with Crippen LogP contribution in [0.3, 0.4) is 0 Å². The van der Waals surface area contributed by atoms with Crippen molar-refractivity contribution in [1.82, 2.24) is 24.8 Å². The zero-order chi connectivity index (χ0) is 20.5. The summed E-state index contributed by atoms with van der Waals surface area (Å²) in [5, 5.41) is 12.4. The first-order valence-electron chi connectivity index (χ1n) is 9.37. The second kappa shape index (κ2) is 7.85. The SMILES string of the molecule is COCc1nn2c(=O)cc(CCc3c(C)n[nH]c3C)[nH]c2c1-c1ccc(Cl)cc1. The summed E-state index contributed by atoms with van der Waals surface area (Å²) in [7, 11) is 1.61. The van der Waals surface area contributed by atoms with Crippen LogP contribution in [0.25, 0.3) is 16.8 Å². The van der Waals surface area contributed by atoms with Gasteiger partial charge in [0.15, 0.2) is 0 Å². The number of aromatic nitrogens is 5. The Balaban J connectivity index is 1.80. The van der Waals surface area contributed by atoms with Crippen LogP contribution in [-0.2, 0) is 24.2 Å². The Labute approximate surface area is 172 Å². The Morgan fingerprint density at radius 3 is 2.59 bits per heavy atom. The number of rotatable bonds is 6. The molecule has 0 saturated carbocycles. The van der Waals surface area contributed by atoms with E-state index < -0.39 is 0 Å². The lowest BCUT2D eigenvalue weighted by Gasteiger charge is -2.06. The molecule has 7 nitrogen and oxygen atoms in total. The molecule has 0 atom stereocenters. The van der Waals surface area contributed by atoms with Crippen molar-refractivity contribution in [2.24, 2.45) is 0 Å². The highest BCUT2D eigenvalue weighted by Gasteiger charge is 2.18. The first kappa shape index (κ1) is 19.4. The highest BCUT2D eigenvalue weighted by molar-refractivity contribution is 6.30. The third-order valence-corrected chi connectivity index (χ3v) is 5.33. The van der Waals surface area contributed by atoms with Crippen molar-refractivity contribution < 1.29 is 4.74 Å². The number of nitrogens with zero attached hydrogens (tertiary/aromatic N) is 3. The molecule has 3 aromatic heterocycles. The monoisotopic (exact) mass is 411 g/mol. The molecule has 0 fully saturated rings. The average molecular weight is 412 g/mol. The van der Waals surface area contributed by atoms with Crippen molar-refractivity contribution in [3.63, 3.8) is 0 Å². The molecule has 0 radical (unpaired) electrons. The van der Waals surface area contributed by atoms with Gasteiger partial charge in [-0.05, 0) is 49.9 Å². The first-order valence-corrected chi connectivity index (χ1v) is 9.75. The van der Waals surface area contributed by atoms with Crippen LogP contribution >= 0.6 is 11.6 Å². The number of hydrogen-bond donors (Lipinski definition) is 2. The van der Waals surface area contributed by atoms with Gasteiger partial charge in [-0.1, -0.05) is 23.7 Å². The van der Waals surface area contributed by atoms with Crippen LogP contribution in [-0.4, -0.2) is 31.9 Å². The van der Waals surface area contributed by atoms with Crippen LogP contribution in [0.5, 0.6) is 0 Å². The zero-order valence-corrected chi connectivity index (χ0v) is 17.3. The van der Waals surface area contributed by atoms with Crippen molar-refractivity contribution in [3.05, 3.63) is 74.0 Å². The molecule has 4 rings (SSSR count). The van der Waals surface area contributed by atoms with E-state index in [0.29, 0.717) is 29.4 Å². The highest BCUT2D eigenvalue weighted by atomic mass is 35.5. The van der Waals surface area contributed by atoms with E-state index >= 15 is 0 Å². The topological polar surface area (TPSA) is 88.1 Å². The van der Waals surface area contributed by atoms with Crippen molar-refractivity contribution in [2.45, 2.75) is 33.3 Å². The molecule has 3 heterocycles. The molecule has 0 aliphatic rings. The minimum absolute atomic E-state index is 0.174. The number of aryl methyl sites for hydroxylation is 3. The zero-order valence-electron chi connectivity index (χ0n) is 16.5. The minimum atomic E-state index is -0.174. The Kier molecular flexibility index (Phi) is 5.25. The number of fused-ring (bicyclic) bond motifs is 1. The standard InChI is InChI=1S/C21H22ClN5O2/c1-12-17(13(2)25-24-12)9-8-16-10-19(28)27-21(23-16)20(18(26-27)11-29-3)14-4-6-15(22)7-5-14/h4-7,10,23H,8-9,11H2,1-3H3,(H,24,25). The number of benzene rings is 1. The molecule has 2 N–H and O–H groups in total. The second-order valence-corrected chi connectivity index (χ2v) is 7.50. The van der Waals surface area contributed by atoms with Gasteiger partial charge in [0.1, 0.15) is 5.65 Å². The van der Waals surface area contributed by atoms with Crippen LogP contribution in [0.2, 0.25) is 5.02 Å². The van der Waals surface area contributed by atoms with Crippen LogP contribution in [0, 0.1) is 13.8 Å². The summed E-state index contributed by atoms with van der Waals surface area (Å²) in [5.41, 5.74) is 7.01. The lowest BCUT2D eigenvalue weighted by molar-refractivity contribution is 0.181. The third kappa shape index (κ3) is 3.71. The number of halogens is 1. The van der Waals surface area contributed by atoms with E-state index in [1.165, 1.54) is 10.1 Å². The second-order valence-electron chi connectivity index (χ2n) is 7.07. The van der Waals surface area contributed by atoms with Crippen molar-refractivity contribution in [1.29, 1.82) is 0 Å². The van der Waals surface area contributed by atoms with E-state index in [9.17, 15) is 4.79 Å². The van der Waals surface area contributed by atoms with E-state index in [1.807, 2.05) is 38.1 Å². The van der Waals surface area contributed by atoms with Crippen LogP contribution < -0.4 is 5.56 Å². The fourth-order valence-electron chi connectivity index (χ4n) is 3.63. The van der Waals surface area contributed by atoms with Gasteiger partial charge in [0.2, 0.25) is 0 Å². The number of ether oxygens (including phenoxy) is 1. The number of H-pyrrole nitrogens is 2. The third-order valence-electron chi connectivity index (χ3n) is 5.08. The van der Waals surface area contributed by atoms with Gasteiger partial charge in [-0.15, -0.1) is 0 Å². The number of nitrogens with one attached hydrogen (secondary N) is 2. The molecule has 150 valence electrons. The van der Waals surface area contributed by atoms with Gasteiger partial charge in [0, 0.05) is 29.6 Å². The van der Waals surface area contributed by atoms with Gasteiger partial charge in [-0.2, -0.15) is 14.7 Å². The average Bonchev–Trinajstić information content (AvgIpc) is 3.21. The fourth-order valence-corrected chi connectivity index (χ4v) is 3.76. The van der Waals surface area contributed by atoms with Crippen molar-refractivity contribution >= 4 is 17.2 Å². The maximum atomic E-state index is 12.8. The molecule has 0 aliphatic heterocycles. The Morgan fingerprint density at radius 1 is 1.17 bits per heavy atom. The molecule has 8 heteroatoms. The lowest BCUT2D eigenvalue weighted by atomic mass is 10.1. The molecule has 29 heavy (non-hydrogen) atoms. The summed E-state index contributed by atoms with van der Waals surface area (Å²) in [6.45, 7) is 4.29. The van der Waals surface area contributed by atoms with Crippen molar-refractivity contribution in [3.8, 4) is 11.1 Å². The van der Waals surface area contributed by atoms with E-state index in [2.05, 4.69) is 20.3 Å². The smallest absolute Gasteiger partial charge is 0.274 e. The normalized spacial score (nSPS) is 11.4. The molecule has 0 bridgehead atoms. The van der Waals surface area contributed by atoms with Gasteiger partial charge in [0.25, 0.3) is 5.56 Å². The predicted octanol–water partition coefficient (Wildman–Crippen LogP) is 3.61. The maximum absolute atomic E-state index is 12.8. The highest BCUT2D eigenvalue weighted by Crippen LogP contribution is 2.29. The fraction of sp³-hybridized carbons (Fsp3) is 0.286. The molecule has 0 saturated heterocycles. The lowest BCUT2D eigenvalue weighted by Crippen LogP contribution is -2.16. The summed E-state index contributed by atoms with van der Waals surface area (Å²) in [6, 6.07) is 9.09. The van der Waals surface area contributed by atoms with Gasteiger partial charge in [-0.25, -0.2) is 0 Å². The molecular formula is C21H22ClN5O2. The van der Waals surface area contributed by atoms with Gasteiger partial charge in [-0.3, -0.25) is 9.89 Å². The molecule has 0 unspecified atom stereocenters. The summed E-state index contributed by atoms with van der Waals surface area (Å²) in [6.07, 6.45) is 1.48. The molecule has 0 amide bonds. The van der Waals surface area contributed by atoms with E-state index in [4.69, 9.17) is 16.3 Å². The van der Waals surface area contributed by atoms with E-state index in [-0.39, 0.29) is 5.56 Å². The van der Waals surface area contributed by atoms with Crippen molar-refractivity contribution in [2.75, 3.05) is 7.11 Å². The summed E-state index contributed by atoms with van der Waals surface area (Å²) < 4.78 is 6.71. The molecule has 0 spiro atoms. The number of aromatic amines is 2. The largest absolute Gasteiger partial charge is 0.378 e. The van der Waals surface area contributed by atoms with Crippen LogP contribution in [0.4, 0.5) is 0 Å². The molecule has 0 aliphatic carbocycles. The Bertz CT molecular complexity index is 1200.